The molecule has 2 rings (SSSR count). The van der Waals surface area contributed by atoms with Gasteiger partial charge in [-0.3, -0.25) is 4.79 Å². The molecule has 1 aromatic heterocycles. The molecule has 1 amide bonds. The largest absolute Gasteiger partial charge is 0.497 e. The summed E-state index contributed by atoms with van der Waals surface area (Å²) in [5.74, 6) is 0.436. The van der Waals surface area contributed by atoms with Crippen LogP contribution in [-0.2, 0) is 6.42 Å². The van der Waals surface area contributed by atoms with Crippen LogP contribution in [0.15, 0.2) is 30.7 Å². The minimum absolute atomic E-state index is 0.195. The van der Waals surface area contributed by atoms with E-state index in [0.717, 1.165) is 5.69 Å². The molecule has 6 nitrogen and oxygen atoms in total. The van der Waals surface area contributed by atoms with E-state index in [1.165, 1.54) is 0 Å². The summed E-state index contributed by atoms with van der Waals surface area (Å²) in [7, 11) is 1.55. The maximum absolute atomic E-state index is 11.9. The van der Waals surface area contributed by atoms with E-state index in [9.17, 15) is 4.79 Å². The Hall–Kier alpha value is -2.50. The highest BCUT2D eigenvalue weighted by Crippen LogP contribution is 2.19. The summed E-state index contributed by atoms with van der Waals surface area (Å²) in [6.07, 6.45) is 4.04. The fourth-order valence-corrected chi connectivity index (χ4v) is 1.70. The third-order valence-corrected chi connectivity index (χ3v) is 2.74. The molecule has 1 heterocycles. The molecule has 0 aliphatic carbocycles. The molecule has 0 fully saturated rings. The zero-order valence-electron chi connectivity index (χ0n) is 10.6. The van der Waals surface area contributed by atoms with Crippen molar-refractivity contribution < 1.29 is 9.53 Å². The lowest BCUT2D eigenvalue weighted by atomic mass is 10.1. The number of methoxy groups -OCH3 is 1. The molecule has 2 aromatic rings. The number of nitrogens with zero attached hydrogens (tertiary/aromatic N) is 1. The van der Waals surface area contributed by atoms with Crippen LogP contribution in [0.25, 0.3) is 0 Å². The average molecular weight is 260 g/mol. The van der Waals surface area contributed by atoms with Crippen molar-refractivity contribution in [3.63, 3.8) is 0 Å². The van der Waals surface area contributed by atoms with Crippen molar-refractivity contribution in [2.24, 2.45) is 0 Å². The Morgan fingerprint density at radius 3 is 3.00 bits per heavy atom. The molecule has 0 unspecified atom stereocenters. The maximum atomic E-state index is 11.9. The zero-order valence-corrected chi connectivity index (χ0v) is 10.6. The first-order valence-electron chi connectivity index (χ1n) is 5.89. The van der Waals surface area contributed by atoms with Crippen LogP contribution in [0.5, 0.6) is 5.75 Å². The molecular weight excluding hydrogens is 244 g/mol. The summed E-state index contributed by atoms with van der Waals surface area (Å²) in [5.41, 5.74) is 7.63. The Bertz CT molecular complexity index is 552. The maximum Gasteiger partial charge on any atom is 0.253 e. The predicted octanol–water partition coefficient (Wildman–Crippen LogP) is 0.973. The molecular formula is C13H16N4O2. The second kappa shape index (κ2) is 5.90. The zero-order chi connectivity index (χ0) is 13.7. The number of aromatic amines is 1. The lowest BCUT2D eigenvalue weighted by Crippen LogP contribution is -2.26. The van der Waals surface area contributed by atoms with E-state index < -0.39 is 0 Å². The number of imidazole rings is 1. The molecule has 0 saturated carbocycles. The number of benzene rings is 1. The molecule has 19 heavy (non-hydrogen) atoms. The molecule has 0 aliphatic heterocycles. The Labute approximate surface area is 111 Å². The van der Waals surface area contributed by atoms with E-state index in [2.05, 4.69) is 15.3 Å². The lowest BCUT2D eigenvalue weighted by molar-refractivity contribution is 0.0955. The number of H-pyrrole nitrogens is 1. The first-order chi connectivity index (χ1) is 9.20. The quantitative estimate of drug-likeness (QED) is 0.698. The van der Waals surface area contributed by atoms with Gasteiger partial charge in [-0.15, -0.1) is 0 Å². The van der Waals surface area contributed by atoms with Gasteiger partial charge in [0.05, 0.1) is 19.0 Å². The average Bonchev–Trinajstić information content (AvgIpc) is 2.91. The van der Waals surface area contributed by atoms with Gasteiger partial charge in [-0.25, -0.2) is 4.98 Å². The summed E-state index contributed by atoms with van der Waals surface area (Å²) in [6, 6.07) is 4.99. The molecule has 100 valence electrons. The van der Waals surface area contributed by atoms with Gasteiger partial charge in [0.15, 0.2) is 0 Å². The van der Waals surface area contributed by atoms with Crippen molar-refractivity contribution >= 4 is 11.6 Å². The number of nitrogens with one attached hydrogen (secondary N) is 2. The summed E-state index contributed by atoms with van der Waals surface area (Å²) in [5, 5.41) is 2.81. The van der Waals surface area contributed by atoms with Crippen molar-refractivity contribution in [3.05, 3.63) is 42.0 Å². The molecule has 0 bridgehead atoms. The van der Waals surface area contributed by atoms with Crippen LogP contribution in [0.2, 0.25) is 0 Å². The summed E-state index contributed by atoms with van der Waals surface area (Å²) < 4.78 is 5.04. The third kappa shape index (κ3) is 3.25. The highest BCUT2D eigenvalue weighted by molar-refractivity contribution is 5.99. The Morgan fingerprint density at radius 1 is 1.53 bits per heavy atom. The van der Waals surface area contributed by atoms with Crippen LogP contribution in [0.1, 0.15) is 16.1 Å². The van der Waals surface area contributed by atoms with Crippen molar-refractivity contribution in [1.82, 2.24) is 15.3 Å². The van der Waals surface area contributed by atoms with Gasteiger partial charge in [-0.2, -0.15) is 0 Å². The Kier molecular flexibility index (Phi) is 4.02. The minimum Gasteiger partial charge on any atom is -0.497 e. The fraction of sp³-hybridized carbons (Fsp3) is 0.231. The number of anilines is 1. The molecule has 0 atom stereocenters. The fourth-order valence-electron chi connectivity index (χ4n) is 1.70. The van der Waals surface area contributed by atoms with E-state index in [0.29, 0.717) is 30.0 Å². The number of nitrogen functional groups attached to an aromatic ring is 1. The first kappa shape index (κ1) is 12.9. The Morgan fingerprint density at radius 2 is 2.37 bits per heavy atom. The van der Waals surface area contributed by atoms with Gasteiger partial charge in [0, 0.05) is 36.6 Å². The van der Waals surface area contributed by atoms with E-state index in [1.807, 2.05) is 0 Å². The SMILES string of the molecule is COc1ccc(C(=O)NCCc2cnc[nH]2)c(N)c1. The van der Waals surface area contributed by atoms with Gasteiger partial charge >= 0.3 is 0 Å². The van der Waals surface area contributed by atoms with Gasteiger partial charge in [0.1, 0.15) is 5.75 Å². The first-order valence-corrected chi connectivity index (χ1v) is 5.89. The summed E-state index contributed by atoms with van der Waals surface area (Å²) >= 11 is 0. The molecule has 1 aromatic carbocycles. The lowest BCUT2D eigenvalue weighted by Gasteiger charge is -2.08. The smallest absolute Gasteiger partial charge is 0.253 e. The van der Waals surface area contributed by atoms with E-state index in [4.69, 9.17) is 10.5 Å². The molecule has 0 spiro atoms. The van der Waals surface area contributed by atoms with Crippen LogP contribution < -0.4 is 15.8 Å². The van der Waals surface area contributed by atoms with Gasteiger partial charge in [0.2, 0.25) is 0 Å². The number of carbonyl (C=O) groups is 1. The normalized spacial score (nSPS) is 10.2. The van der Waals surface area contributed by atoms with Crippen molar-refractivity contribution in [2.45, 2.75) is 6.42 Å². The monoisotopic (exact) mass is 260 g/mol. The van der Waals surface area contributed by atoms with Gasteiger partial charge in [0.25, 0.3) is 5.91 Å². The number of hydrogen-bond donors (Lipinski definition) is 3. The second-order valence-electron chi connectivity index (χ2n) is 4.04. The van der Waals surface area contributed by atoms with Crippen LogP contribution in [0, 0.1) is 0 Å². The number of aromatic nitrogens is 2. The highest BCUT2D eigenvalue weighted by Gasteiger charge is 2.09. The Balaban J connectivity index is 1.92. The number of rotatable bonds is 5. The number of ether oxygens (including phenoxy) is 1. The number of nitrogens with two attached hydrogens (primary N) is 1. The molecule has 0 saturated heterocycles. The molecule has 4 N–H and O–H groups in total. The van der Waals surface area contributed by atoms with Gasteiger partial charge < -0.3 is 20.8 Å². The number of hydrogen-bond acceptors (Lipinski definition) is 4. The molecule has 0 aliphatic rings. The van der Waals surface area contributed by atoms with Gasteiger partial charge in [-0.05, 0) is 12.1 Å². The van der Waals surface area contributed by atoms with Crippen LogP contribution in [0.4, 0.5) is 5.69 Å². The topological polar surface area (TPSA) is 93.0 Å². The van der Waals surface area contributed by atoms with E-state index in [-0.39, 0.29) is 5.91 Å². The standard InChI is InChI=1S/C13H16N4O2/c1-19-10-2-3-11(12(14)6-10)13(18)16-5-4-9-7-15-8-17-9/h2-3,6-8H,4-5,14H2,1H3,(H,15,17)(H,16,18). The highest BCUT2D eigenvalue weighted by atomic mass is 16.5. The van der Waals surface area contributed by atoms with E-state index in [1.54, 1.807) is 37.8 Å². The van der Waals surface area contributed by atoms with Crippen LogP contribution >= 0.6 is 0 Å². The van der Waals surface area contributed by atoms with Crippen LogP contribution in [0.3, 0.4) is 0 Å². The van der Waals surface area contributed by atoms with Crippen molar-refractivity contribution in [1.29, 1.82) is 0 Å². The van der Waals surface area contributed by atoms with Gasteiger partial charge in [-0.1, -0.05) is 0 Å². The minimum atomic E-state index is -0.195. The van der Waals surface area contributed by atoms with Crippen molar-refractivity contribution in [2.75, 3.05) is 19.4 Å². The molecule has 6 heteroatoms. The van der Waals surface area contributed by atoms with Crippen molar-refractivity contribution in [3.8, 4) is 5.75 Å². The number of carbonyl (C=O) groups excluding carboxylic acids is 1. The second-order valence-corrected chi connectivity index (χ2v) is 4.04. The molecule has 0 radical (unpaired) electrons. The predicted molar refractivity (Wildman–Crippen MR) is 72.0 cm³/mol. The third-order valence-electron chi connectivity index (χ3n) is 2.74. The summed E-state index contributed by atoms with van der Waals surface area (Å²) in [6.45, 7) is 0.520. The van der Waals surface area contributed by atoms with Crippen LogP contribution in [-0.4, -0.2) is 29.5 Å². The van der Waals surface area contributed by atoms with E-state index >= 15 is 0 Å². The number of amides is 1. The summed E-state index contributed by atoms with van der Waals surface area (Å²) in [4.78, 5) is 18.8.